The minimum Gasteiger partial charge on any atom is -0.309 e. The third-order valence-corrected chi connectivity index (χ3v) is 9.10. The molecule has 0 aliphatic rings. The lowest BCUT2D eigenvalue weighted by atomic mass is 10.1. The Kier molecular flexibility index (Phi) is 11.5. The highest BCUT2D eigenvalue weighted by molar-refractivity contribution is 7.89. The number of amides is 1. The summed E-state index contributed by atoms with van der Waals surface area (Å²) < 4.78 is 28.9. The zero-order valence-electron chi connectivity index (χ0n) is 22.7. The van der Waals surface area contributed by atoms with E-state index in [2.05, 4.69) is 17.9 Å². The highest BCUT2D eigenvalue weighted by atomic mass is 35.5. The van der Waals surface area contributed by atoms with Crippen molar-refractivity contribution >= 4 is 55.0 Å². The number of aromatic nitrogens is 1. The molecule has 0 saturated carbocycles. The molecular weight excluding hydrogens is 528 g/mol. The van der Waals surface area contributed by atoms with Gasteiger partial charge in [-0.05, 0) is 95.2 Å². The summed E-state index contributed by atoms with van der Waals surface area (Å²) in [5, 5.41) is 0.663. The molecular formula is C27H39ClN4O3S2. The molecule has 1 heterocycles. The summed E-state index contributed by atoms with van der Waals surface area (Å²) in [5.74, 6) is -0.176. The monoisotopic (exact) mass is 566 g/mol. The van der Waals surface area contributed by atoms with Gasteiger partial charge in [0.05, 0.1) is 15.1 Å². The number of thiazole rings is 1. The number of carbonyl (C=O) groups is 1. The van der Waals surface area contributed by atoms with Gasteiger partial charge in [-0.2, -0.15) is 4.31 Å². The van der Waals surface area contributed by atoms with Gasteiger partial charge in [-0.1, -0.05) is 31.3 Å². The molecule has 3 rings (SSSR count). The van der Waals surface area contributed by atoms with Crippen molar-refractivity contribution in [3.05, 3.63) is 53.1 Å². The number of halogens is 1. The van der Waals surface area contributed by atoms with Gasteiger partial charge in [0, 0.05) is 25.2 Å². The zero-order valence-corrected chi connectivity index (χ0v) is 25.1. The van der Waals surface area contributed by atoms with Crippen molar-refractivity contribution in [2.45, 2.75) is 51.9 Å². The van der Waals surface area contributed by atoms with Gasteiger partial charge in [-0.15, -0.1) is 12.4 Å². The number of nitrogens with zero attached hydrogens (tertiary/aromatic N) is 4. The highest BCUT2D eigenvalue weighted by Gasteiger charge is 2.25. The quantitative estimate of drug-likeness (QED) is 0.279. The van der Waals surface area contributed by atoms with Gasteiger partial charge in [0.1, 0.15) is 0 Å². The Morgan fingerprint density at radius 1 is 0.946 bits per heavy atom. The summed E-state index contributed by atoms with van der Waals surface area (Å²) in [7, 11) is 0.421. The maximum absolute atomic E-state index is 13.7. The molecule has 0 spiro atoms. The molecule has 0 atom stereocenters. The molecule has 7 nitrogen and oxygen atoms in total. The van der Waals surface area contributed by atoms with Crippen LogP contribution < -0.4 is 4.90 Å². The van der Waals surface area contributed by atoms with Crippen LogP contribution >= 0.6 is 23.7 Å². The van der Waals surface area contributed by atoms with E-state index in [0.717, 1.165) is 47.2 Å². The first-order chi connectivity index (χ1) is 17.1. The second-order valence-electron chi connectivity index (χ2n) is 9.47. The predicted octanol–water partition coefficient (Wildman–Crippen LogP) is 5.74. The fourth-order valence-corrected chi connectivity index (χ4v) is 6.90. The summed E-state index contributed by atoms with van der Waals surface area (Å²) in [5.41, 5.74) is 3.63. The topological polar surface area (TPSA) is 73.8 Å². The fraction of sp³-hybridized carbons (Fsp3) is 0.481. The molecule has 3 aromatic rings. The SMILES string of the molecule is CCCN(CCC)S(=O)(=O)c1ccc(C(=O)N(CCCN(C)C)c2nc3cc(C)cc(C)c3s2)cc1.Cl. The van der Waals surface area contributed by atoms with E-state index in [1.165, 1.54) is 15.6 Å². The summed E-state index contributed by atoms with van der Waals surface area (Å²) in [6, 6.07) is 10.5. The Bertz CT molecular complexity index is 1280. The van der Waals surface area contributed by atoms with Crippen LogP contribution in [0, 0.1) is 13.8 Å². The largest absolute Gasteiger partial charge is 0.309 e. The van der Waals surface area contributed by atoms with Gasteiger partial charge >= 0.3 is 0 Å². The van der Waals surface area contributed by atoms with Crippen molar-refractivity contribution in [1.29, 1.82) is 0 Å². The van der Waals surface area contributed by atoms with E-state index in [0.29, 0.717) is 30.3 Å². The van der Waals surface area contributed by atoms with Crippen molar-refractivity contribution in [2.24, 2.45) is 0 Å². The first-order valence-electron chi connectivity index (χ1n) is 12.5. The Morgan fingerprint density at radius 2 is 1.57 bits per heavy atom. The minimum atomic E-state index is -3.60. The van der Waals surface area contributed by atoms with E-state index in [4.69, 9.17) is 4.98 Å². The number of aryl methyl sites for hydroxylation is 2. The van der Waals surface area contributed by atoms with Crippen LogP contribution in [0.5, 0.6) is 0 Å². The molecule has 1 aromatic heterocycles. The molecule has 0 aliphatic heterocycles. The first-order valence-corrected chi connectivity index (χ1v) is 14.8. The molecule has 2 aromatic carbocycles. The lowest BCUT2D eigenvalue weighted by molar-refractivity contribution is 0.0986. The van der Waals surface area contributed by atoms with E-state index in [-0.39, 0.29) is 23.2 Å². The number of rotatable bonds is 12. The second kappa shape index (κ2) is 13.7. The van der Waals surface area contributed by atoms with Crippen molar-refractivity contribution in [3.8, 4) is 0 Å². The van der Waals surface area contributed by atoms with Gasteiger partial charge < -0.3 is 4.90 Å². The predicted molar refractivity (Wildman–Crippen MR) is 157 cm³/mol. The standard InChI is InChI=1S/C27H38N4O3S2.ClH/c1-7-14-30(15-8-2)36(33,34)23-12-10-22(11-13-23)26(32)31(17-9-16-29(5)6)27-28-24-19-20(3)18-21(4)25(24)35-27;/h10-13,18-19H,7-9,14-17H2,1-6H3;1H. The maximum Gasteiger partial charge on any atom is 0.260 e. The Hall–Kier alpha value is -2.04. The number of hydrogen-bond acceptors (Lipinski definition) is 6. The molecule has 0 bridgehead atoms. The van der Waals surface area contributed by atoms with Gasteiger partial charge in [-0.25, -0.2) is 13.4 Å². The van der Waals surface area contributed by atoms with E-state index >= 15 is 0 Å². The first kappa shape index (κ1) is 31.2. The Labute approximate surface area is 231 Å². The molecule has 1 amide bonds. The normalized spacial score (nSPS) is 11.8. The molecule has 0 aliphatic carbocycles. The van der Waals surface area contributed by atoms with E-state index in [1.807, 2.05) is 40.9 Å². The minimum absolute atomic E-state index is 0. The third-order valence-electron chi connectivity index (χ3n) is 5.96. The van der Waals surface area contributed by atoms with Crippen LogP contribution in [-0.2, 0) is 10.0 Å². The number of hydrogen-bond donors (Lipinski definition) is 0. The molecule has 37 heavy (non-hydrogen) atoms. The smallest absolute Gasteiger partial charge is 0.260 e. The molecule has 0 N–H and O–H groups in total. The number of carbonyl (C=O) groups excluding carboxylic acids is 1. The van der Waals surface area contributed by atoms with Crippen LogP contribution in [-0.4, -0.2) is 68.8 Å². The Balaban J connectivity index is 0.00000481. The Morgan fingerprint density at radius 3 is 2.14 bits per heavy atom. The average Bonchev–Trinajstić information content (AvgIpc) is 3.25. The number of benzene rings is 2. The number of anilines is 1. The van der Waals surface area contributed by atoms with Crippen molar-refractivity contribution in [2.75, 3.05) is 45.2 Å². The average molecular weight is 567 g/mol. The van der Waals surface area contributed by atoms with Gasteiger partial charge in [-0.3, -0.25) is 9.69 Å². The lowest BCUT2D eigenvalue weighted by Crippen LogP contribution is -2.34. The molecule has 204 valence electrons. The summed E-state index contributed by atoms with van der Waals surface area (Å²) in [6.45, 7) is 10.4. The van der Waals surface area contributed by atoms with Gasteiger partial charge in [0.2, 0.25) is 10.0 Å². The molecule has 0 fully saturated rings. The van der Waals surface area contributed by atoms with E-state index < -0.39 is 10.0 Å². The van der Waals surface area contributed by atoms with Crippen molar-refractivity contribution in [1.82, 2.24) is 14.2 Å². The van der Waals surface area contributed by atoms with Crippen LogP contribution in [0.25, 0.3) is 10.2 Å². The molecule has 10 heteroatoms. The summed E-state index contributed by atoms with van der Waals surface area (Å²) in [6.07, 6.45) is 2.29. The molecule has 0 saturated heterocycles. The molecule has 0 unspecified atom stereocenters. The highest BCUT2D eigenvalue weighted by Crippen LogP contribution is 2.33. The van der Waals surface area contributed by atoms with Crippen LogP contribution in [0.1, 0.15) is 54.6 Å². The maximum atomic E-state index is 13.7. The molecule has 0 radical (unpaired) electrons. The van der Waals surface area contributed by atoms with Crippen LogP contribution in [0.2, 0.25) is 0 Å². The number of sulfonamides is 1. The van der Waals surface area contributed by atoms with Crippen LogP contribution in [0.4, 0.5) is 5.13 Å². The lowest BCUT2D eigenvalue weighted by Gasteiger charge is -2.22. The van der Waals surface area contributed by atoms with Gasteiger partial charge in [0.25, 0.3) is 5.91 Å². The van der Waals surface area contributed by atoms with Gasteiger partial charge in [0.15, 0.2) is 5.13 Å². The second-order valence-corrected chi connectivity index (χ2v) is 12.4. The van der Waals surface area contributed by atoms with Crippen LogP contribution in [0.3, 0.4) is 0 Å². The van der Waals surface area contributed by atoms with E-state index in [9.17, 15) is 13.2 Å². The van der Waals surface area contributed by atoms with Crippen LogP contribution in [0.15, 0.2) is 41.3 Å². The van der Waals surface area contributed by atoms with Crippen molar-refractivity contribution < 1.29 is 13.2 Å². The summed E-state index contributed by atoms with van der Waals surface area (Å²) >= 11 is 1.52. The summed E-state index contributed by atoms with van der Waals surface area (Å²) in [4.78, 5) is 22.5. The van der Waals surface area contributed by atoms with E-state index in [1.54, 1.807) is 29.2 Å². The number of fused-ring (bicyclic) bond motifs is 1. The van der Waals surface area contributed by atoms with Crippen molar-refractivity contribution in [3.63, 3.8) is 0 Å². The fourth-order valence-electron chi connectivity index (χ4n) is 4.23. The third kappa shape index (κ3) is 7.51. The zero-order chi connectivity index (χ0) is 26.5.